The summed E-state index contributed by atoms with van der Waals surface area (Å²) >= 11 is 0. The summed E-state index contributed by atoms with van der Waals surface area (Å²) in [5.74, 6) is -1.40. The van der Waals surface area contributed by atoms with E-state index in [1.165, 1.54) is 32.1 Å². The zero-order chi connectivity index (χ0) is 38.6. The van der Waals surface area contributed by atoms with Crippen LogP contribution in [0.1, 0.15) is 77.6 Å². The van der Waals surface area contributed by atoms with Gasteiger partial charge in [0.25, 0.3) is 0 Å². The Balaban J connectivity index is 3.13. The van der Waals surface area contributed by atoms with E-state index in [-0.39, 0.29) is 31.3 Å². The minimum absolute atomic E-state index is 0.0125. The van der Waals surface area contributed by atoms with E-state index in [4.69, 9.17) is 57.2 Å². The van der Waals surface area contributed by atoms with Gasteiger partial charge in [-0.05, 0) is 12.8 Å². The van der Waals surface area contributed by atoms with Crippen molar-refractivity contribution in [2.24, 2.45) is 0 Å². The molecule has 16 heteroatoms. The maximum atomic E-state index is 11.7. The molecule has 0 aromatic carbocycles. The van der Waals surface area contributed by atoms with Crippen molar-refractivity contribution in [2.75, 3.05) is 145 Å². The Kier molecular flexibility index (Phi) is 42.7. The van der Waals surface area contributed by atoms with Gasteiger partial charge in [0.2, 0.25) is 5.91 Å². The molecule has 314 valence electrons. The fraction of sp³-hybridized carbons (Fsp3) is 0.919. The van der Waals surface area contributed by atoms with Gasteiger partial charge in [0.1, 0.15) is 6.61 Å². The van der Waals surface area contributed by atoms with Crippen molar-refractivity contribution >= 4 is 17.8 Å². The monoisotopic (exact) mass is 769 g/mol. The molecule has 0 aliphatic heterocycles. The summed E-state index contributed by atoms with van der Waals surface area (Å²) in [7, 11) is 0. The number of carbonyl (C=O) groups excluding carboxylic acids is 2. The first-order valence-electron chi connectivity index (χ1n) is 19.5. The van der Waals surface area contributed by atoms with Crippen molar-refractivity contribution in [2.45, 2.75) is 77.6 Å². The standard InChI is InChI=1S/C37H71NO15/c1-2-3-4-5-6-7-8-10-37(42)53-34-33-52-32-31-51-30-29-50-28-27-49-26-25-48-24-23-47-22-21-46-20-19-45-18-17-44-16-15-43-14-9-13-38-35(39)11-12-36(40)41/h2-34H2,1H3,(H,38,39)(H,40,41). The molecule has 0 heterocycles. The number of aliphatic carboxylic acids is 1. The van der Waals surface area contributed by atoms with Gasteiger partial charge in [0, 0.05) is 26.0 Å². The van der Waals surface area contributed by atoms with Gasteiger partial charge in [0.15, 0.2) is 0 Å². The molecule has 53 heavy (non-hydrogen) atoms. The van der Waals surface area contributed by atoms with Crippen molar-refractivity contribution < 1.29 is 71.6 Å². The highest BCUT2D eigenvalue weighted by Gasteiger charge is 2.05. The highest BCUT2D eigenvalue weighted by Crippen LogP contribution is 2.08. The van der Waals surface area contributed by atoms with Crippen LogP contribution in [0.3, 0.4) is 0 Å². The Hall–Kier alpha value is -1.99. The summed E-state index contributed by atoms with van der Waals surface area (Å²) in [6, 6.07) is 0. The number of carbonyl (C=O) groups is 3. The van der Waals surface area contributed by atoms with Crippen LogP contribution >= 0.6 is 0 Å². The number of hydrogen-bond acceptors (Lipinski definition) is 14. The molecule has 0 aliphatic carbocycles. The van der Waals surface area contributed by atoms with E-state index in [1.807, 2.05) is 0 Å². The second-order valence-corrected chi connectivity index (χ2v) is 11.8. The van der Waals surface area contributed by atoms with Crippen LogP contribution < -0.4 is 5.32 Å². The summed E-state index contributed by atoms with van der Waals surface area (Å²) in [4.78, 5) is 33.5. The average Bonchev–Trinajstić information content (AvgIpc) is 3.15. The first kappa shape index (κ1) is 51.0. The number of amides is 1. The van der Waals surface area contributed by atoms with E-state index in [0.717, 1.165) is 12.8 Å². The van der Waals surface area contributed by atoms with Gasteiger partial charge < -0.3 is 62.5 Å². The molecule has 0 aliphatic rings. The third kappa shape index (κ3) is 46.1. The lowest BCUT2D eigenvalue weighted by Gasteiger charge is -2.09. The van der Waals surface area contributed by atoms with Crippen molar-refractivity contribution in [3.05, 3.63) is 0 Å². The van der Waals surface area contributed by atoms with Gasteiger partial charge in [-0.1, -0.05) is 45.4 Å². The fourth-order valence-corrected chi connectivity index (χ4v) is 4.31. The van der Waals surface area contributed by atoms with Crippen LogP contribution in [0.5, 0.6) is 0 Å². The molecule has 0 unspecified atom stereocenters. The lowest BCUT2D eigenvalue weighted by Crippen LogP contribution is -2.25. The smallest absolute Gasteiger partial charge is 0.305 e. The molecule has 0 bridgehead atoms. The zero-order valence-electron chi connectivity index (χ0n) is 32.5. The predicted molar refractivity (Wildman–Crippen MR) is 196 cm³/mol. The number of nitrogens with one attached hydrogen (secondary N) is 1. The molecule has 0 saturated heterocycles. The van der Waals surface area contributed by atoms with Crippen LogP contribution in [0, 0.1) is 0 Å². The Morgan fingerprint density at radius 1 is 0.396 bits per heavy atom. The lowest BCUT2D eigenvalue weighted by atomic mass is 10.1. The third-order valence-corrected chi connectivity index (χ3v) is 7.18. The number of ether oxygens (including phenoxy) is 11. The first-order valence-corrected chi connectivity index (χ1v) is 19.5. The largest absolute Gasteiger partial charge is 0.481 e. The minimum Gasteiger partial charge on any atom is -0.481 e. The van der Waals surface area contributed by atoms with E-state index in [2.05, 4.69) is 12.2 Å². The van der Waals surface area contributed by atoms with E-state index < -0.39 is 5.97 Å². The van der Waals surface area contributed by atoms with Gasteiger partial charge in [-0.25, -0.2) is 0 Å². The van der Waals surface area contributed by atoms with Crippen LogP contribution in [0.4, 0.5) is 0 Å². The van der Waals surface area contributed by atoms with Gasteiger partial charge in [-0.3, -0.25) is 14.4 Å². The average molecular weight is 770 g/mol. The molecule has 0 saturated carbocycles. The van der Waals surface area contributed by atoms with Crippen molar-refractivity contribution in [1.29, 1.82) is 0 Å². The molecule has 0 atom stereocenters. The number of unbranched alkanes of at least 4 members (excludes halogenated alkanes) is 6. The molecule has 0 aromatic rings. The summed E-state index contributed by atoms with van der Waals surface area (Å²) < 4.78 is 59.8. The van der Waals surface area contributed by atoms with Crippen LogP contribution in [-0.4, -0.2) is 168 Å². The number of esters is 1. The number of hydrogen-bond donors (Lipinski definition) is 2. The Labute approximate surface area is 317 Å². The Morgan fingerprint density at radius 3 is 1.11 bits per heavy atom. The highest BCUT2D eigenvalue weighted by atomic mass is 16.6. The van der Waals surface area contributed by atoms with Crippen molar-refractivity contribution in [3.8, 4) is 0 Å². The van der Waals surface area contributed by atoms with E-state index in [1.54, 1.807) is 0 Å². The Bertz CT molecular complexity index is 793. The van der Waals surface area contributed by atoms with E-state index >= 15 is 0 Å². The Morgan fingerprint density at radius 2 is 0.736 bits per heavy atom. The van der Waals surface area contributed by atoms with Gasteiger partial charge in [-0.15, -0.1) is 0 Å². The molecular weight excluding hydrogens is 698 g/mol. The summed E-state index contributed by atoms with van der Waals surface area (Å²) in [6.45, 7) is 12.2. The molecule has 16 nitrogen and oxygen atoms in total. The summed E-state index contributed by atoms with van der Waals surface area (Å²) in [6.07, 6.45) is 9.21. The van der Waals surface area contributed by atoms with Crippen molar-refractivity contribution in [3.63, 3.8) is 0 Å². The first-order chi connectivity index (χ1) is 26.1. The van der Waals surface area contributed by atoms with Crippen LogP contribution in [0.25, 0.3) is 0 Å². The SMILES string of the molecule is CCCCCCCCCC(=O)OCCOCCOCCOCCOCCOCCOCCOCCOCCOCCOCCCNC(=O)CCC(=O)O. The molecule has 0 fully saturated rings. The molecule has 0 rings (SSSR count). The zero-order valence-corrected chi connectivity index (χ0v) is 32.5. The third-order valence-electron chi connectivity index (χ3n) is 7.18. The van der Waals surface area contributed by atoms with Gasteiger partial charge in [-0.2, -0.15) is 0 Å². The molecule has 1 amide bonds. The number of rotatable bonds is 45. The summed E-state index contributed by atoms with van der Waals surface area (Å²) in [5.41, 5.74) is 0. The highest BCUT2D eigenvalue weighted by molar-refractivity contribution is 5.80. The minimum atomic E-state index is -0.984. The molecule has 0 aromatic heterocycles. The van der Waals surface area contributed by atoms with Crippen molar-refractivity contribution in [1.82, 2.24) is 5.32 Å². The van der Waals surface area contributed by atoms with E-state index in [0.29, 0.717) is 152 Å². The number of carboxylic acids is 1. The lowest BCUT2D eigenvalue weighted by molar-refractivity contribution is -0.145. The maximum absolute atomic E-state index is 11.7. The molecular formula is C37H71NO15. The van der Waals surface area contributed by atoms with Crippen LogP contribution in [-0.2, 0) is 66.5 Å². The fourth-order valence-electron chi connectivity index (χ4n) is 4.31. The van der Waals surface area contributed by atoms with Gasteiger partial charge >= 0.3 is 11.9 Å². The molecule has 2 N–H and O–H groups in total. The molecule has 0 radical (unpaired) electrons. The summed E-state index contributed by atoms with van der Waals surface area (Å²) in [5, 5.41) is 11.2. The number of carboxylic acid groups (broad SMARTS) is 1. The second-order valence-electron chi connectivity index (χ2n) is 11.8. The second kappa shape index (κ2) is 44.4. The quantitative estimate of drug-likeness (QED) is 0.0679. The predicted octanol–water partition coefficient (Wildman–Crippen LogP) is 3.21. The normalized spacial score (nSPS) is 11.3. The van der Waals surface area contributed by atoms with E-state index in [9.17, 15) is 14.4 Å². The maximum Gasteiger partial charge on any atom is 0.305 e. The van der Waals surface area contributed by atoms with Crippen LogP contribution in [0.2, 0.25) is 0 Å². The molecule has 0 spiro atoms. The van der Waals surface area contributed by atoms with Crippen LogP contribution in [0.15, 0.2) is 0 Å². The topological polar surface area (TPSA) is 185 Å². The van der Waals surface area contributed by atoms with Gasteiger partial charge in [0.05, 0.1) is 132 Å².